The minimum absolute atomic E-state index is 0.0699. The van der Waals surface area contributed by atoms with Gasteiger partial charge >= 0.3 is 0 Å². The number of benzene rings is 2. The van der Waals surface area contributed by atoms with Gasteiger partial charge in [0.1, 0.15) is 0 Å². The highest BCUT2D eigenvalue weighted by molar-refractivity contribution is 7.89. The van der Waals surface area contributed by atoms with Gasteiger partial charge < -0.3 is 4.90 Å². The number of amides is 1. The van der Waals surface area contributed by atoms with Crippen LogP contribution in [-0.2, 0) is 10.0 Å². The van der Waals surface area contributed by atoms with Gasteiger partial charge in [0.15, 0.2) is 0 Å². The molecule has 2 aliphatic rings. The second kappa shape index (κ2) is 8.90. The van der Waals surface area contributed by atoms with Crippen molar-refractivity contribution in [2.75, 3.05) is 20.1 Å². The molecule has 0 bridgehead atoms. The lowest BCUT2D eigenvalue weighted by molar-refractivity contribution is 0.0696. The molecule has 0 spiro atoms. The summed E-state index contributed by atoms with van der Waals surface area (Å²) in [5.74, 6) is 0.0699. The Morgan fingerprint density at radius 2 is 1.37 bits per heavy atom. The van der Waals surface area contributed by atoms with Gasteiger partial charge in [-0.2, -0.15) is 4.31 Å². The Morgan fingerprint density at radius 3 is 1.93 bits per heavy atom. The summed E-state index contributed by atoms with van der Waals surface area (Å²) in [6, 6.07) is 15.0. The van der Waals surface area contributed by atoms with Crippen molar-refractivity contribution in [1.29, 1.82) is 0 Å². The van der Waals surface area contributed by atoms with Crippen molar-refractivity contribution in [1.82, 2.24) is 9.21 Å². The molecule has 0 aromatic heterocycles. The van der Waals surface area contributed by atoms with E-state index in [0.717, 1.165) is 36.8 Å². The van der Waals surface area contributed by atoms with Crippen LogP contribution in [0.1, 0.15) is 55.3 Å². The van der Waals surface area contributed by atoms with Gasteiger partial charge in [-0.25, -0.2) is 8.42 Å². The fourth-order valence-electron chi connectivity index (χ4n) is 4.54. The third-order valence-corrected chi connectivity index (χ3v) is 8.38. The van der Waals surface area contributed by atoms with Gasteiger partial charge in [0.2, 0.25) is 10.0 Å². The summed E-state index contributed by atoms with van der Waals surface area (Å²) in [5, 5.41) is 0. The molecule has 1 aliphatic heterocycles. The molecule has 1 heterocycles. The molecule has 5 nitrogen and oxygen atoms in total. The first kappa shape index (κ1) is 21.1. The lowest BCUT2D eigenvalue weighted by Crippen LogP contribution is -2.38. The Kier molecular flexibility index (Phi) is 6.25. The van der Waals surface area contributed by atoms with E-state index in [9.17, 15) is 13.2 Å². The molecule has 2 aromatic rings. The van der Waals surface area contributed by atoms with E-state index in [4.69, 9.17) is 0 Å². The second-order valence-electron chi connectivity index (χ2n) is 8.42. The number of carbonyl (C=O) groups is 1. The van der Waals surface area contributed by atoms with Gasteiger partial charge in [0.05, 0.1) is 4.90 Å². The van der Waals surface area contributed by atoms with Crippen LogP contribution in [-0.4, -0.2) is 49.7 Å². The topological polar surface area (TPSA) is 57.7 Å². The van der Waals surface area contributed by atoms with E-state index in [-0.39, 0.29) is 5.91 Å². The van der Waals surface area contributed by atoms with Crippen molar-refractivity contribution in [3.8, 4) is 11.1 Å². The number of nitrogens with zero attached hydrogens (tertiary/aromatic N) is 2. The smallest absolute Gasteiger partial charge is 0.253 e. The molecule has 2 aromatic carbocycles. The third-order valence-electron chi connectivity index (χ3n) is 6.47. The summed E-state index contributed by atoms with van der Waals surface area (Å²) >= 11 is 0. The maximum Gasteiger partial charge on any atom is 0.253 e. The molecule has 0 unspecified atom stereocenters. The molecule has 1 aliphatic carbocycles. The average Bonchev–Trinajstić information content (AvgIpc) is 3.35. The van der Waals surface area contributed by atoms with Crippen LogP contribution in [0.2, 0.25) is 0 Å². The van der Waals surface area contributed by atoms with Gasteiger partial charge in [0.25, 0.3) is 5.91 Å². The molecule has 1 saturated carbocycles. The van der Waals surface area contributed by atoms with Crippen LogP contribution in [0.15, 0.2) is 53.4 Å². The Morgan fingerprint density at radius 1 is 0.833 bits per heavy atom. The maximum absolute atomic E-state index is 12.8. The molecule has 160 valence electrons. The lowest BCUT2D eigenvalue weighted by Gasteiger charge is -2.31. The average molecular weight is 427 g/mol. The summed E-state index contributed by atoms with van der Waals surface area (Å²) in [5.41, 5.74) is 2.60. The van der Waals surface area contributed by atoms with E-state index in [1.54, 1.807) is 16.4 Å². The molecule has 0 radical (unpaired) electrons. The number of hydrogen-bond acceptors (Lipinski definition) is 3. The zero-order valence-electron chi connectivity index (χ0n) is 17.6. The lowest BCUT2D eigenvalue weighted by atomic mass is 9.94. The van der Waals surface area contributed by atoms with E-state index in [2.05, 4.69) is 0 Å². The Labute approximate surface area is 179 Å². The van der Waals surface area contributed by atoms with E-state index in [0.29, 0.717) is 29.6 Å². The zero-order chi connectivity index (χ0) is 21.1. The molecule has 6 heteroatoms. The van der Waals surface area contributed by atoms with Gasteiger partial charge in [-0.1, -0.05) is 43.5 Å². The van der Waals surface area contributed by atoms with Crippen molar-refractivity contribution >= 4 is 15.9 Å². The third kappa shape index (κ3) is 4.30. The number of sulfonamides is 1. The van der Waals surface area contributed by atoms with Gasteiger partial charge in [-0.15, -0.1) is 0 Å². The minimum atomic E-state index is -3.39. The highest BCUT2D eigenvalue weighted by Crippen LogP contribution is 2.26. The predicted molar refractivity (Wildman–Crippen MR) is 119 cm³/mol. The van der Waals surface area contributed by atoms with Crippen LogP contribution in [0.25, 0.3) is 11.1 Å². The molecule has 0 N–H and O–H groups in total. The summed E-state index contributed by atoms with van der Waals surface area (Å²) in [6.07, 6.45) is 7.71. The maximum atomic E-state index is 12.8. The summed E-state index contributed by atoms with van der Waals surface area (Å²) in [6.45, 7) is 1.21. The minimum Gasteiger partial charge on any atom is -0.339 e. The largest absolute Gasteiger partial charge is 0.339 e. The fourth-order valence-corrected chi connectivity index (χ4v) is 6.06. The van der Waals surface area contributed by atoms with Crippen LogP contribution in [0, 0.1) is 0 Å². The summed E-state index contributed by atoms with van der Waals surface area (Å²) < 4.78 is 26.9. The summed E-state index contributed by atoms with van der Waals surface area (Å²) in [7, 11) is -1.48. The van der Waals surface area contributed by atoms with Crippen LogP contribution in [0.5, 0.6) is 0 Å². The number of hydrogen-bond donors (Lipinski definition) is 0. The molecular weight excluding hydrogens is 396 g/mol. The van der Waals surface area contributed by atoms with Crippen molar-refractivity contribution in [2.45, 2.75) is 55.9 Å². The summed E-state index contributed by atoms with van der Waals surface area (Å²) in [4.78, 5) is 15.1. The van der Waals surface area contributed by atoms with Crippen molar-refractivity contribution in [3.63, 3.8) is 0 Å². The van der Waals surface area contributed by atoms with Crippen molar-refractivity contribution in [3.05, 3.63) is 54.1 Å². The van der Waals surface area contributed by atoms with E-state index in [1.165, 1.54) is 19.3 Å². The second-order valence-corrected chi connectivity index (χ2v) is 10.4. The molecule has 0 atom stereocenters. The molecular formula is C24H30N2O3S. The van der Waals surface area contributed by atoms with Gasteiger partial charge in [-0.3, -0.25) is 4.79 Å². The molecule has 1 saturated heterocycles. The number of carbonyl (C=O) groups excluding carboxylic acids is 1. The highest BCUT2D eigenvalue weighted by Gasteiger charge is 2.27. The Hall–Kier alpha value is -2.18. The first-order valence-corrected chi connectivity index (χ1v) is 12.4. The number of rotatable bonds is 5. The highest BCUT2D eigenvalue weighted by atomic mass is 32.2. The predicted octanol–water partition coefficient (Wildman–Crippen LogP) is 4.54. The first-order chi connectivity index (χ1) is 14.5. The standard InChI is InChI=1S/C24H30N2O3S/c1-25(22-7-3-2-4-8-22)24(27)21-11-9-19(10-12-21)20-13-15-23(16-14-20)30(28,29)26-17-5-6-18-26/h9-16,22H,2-8,17-18H2,1H3. The van der Waals surface area contributed by atoms with Crippen molar-refractivity contribution in [2.24, 2.45) is 0 Å². The quantitative estimate of drug-likeness (QED) is 0.705. The van der Waals surface area contributed by atoms with E-state index in [1.807, 2.05) is 48.3 Å². The van der Waals surface area contributed by atoms with Crippen LogP contribution < -0.4 is 0 Å². The molecule has 4 rings (SSSR count). The molecule has 1 amide bonds. The van der Waals surface area contributed by atoms with E-state index >= 15 is 0 Å². The van der Waals surface area contributed by atoms with E-state index < -0.39 is 10.0 Å². The van der Waals surface area contributed by atoms with Crippen LogP contribution in [0.4, 0.5) is 0 Å². The SMILES string of the molecule is CN(C(=O)c1ccc(-c2ccc(S(=O)(=O)N3CCCC3)cc2)cc1)C1CCCCC1. The monoisotopic (exact) mass is 426 g/mol. The Balaban J connectivity index is 1.46. The van der Waals surface area contributed by atoms with Crippen LogP contribution >= 0.6 is 0 Å². The normalized spacial score (nSPS) is 18.4. The molecule has 30 heavy (non-hydrogen) atoms. The zero-order valence-corrected chi connectivity index (χ0v) is 18.4. The van der Waals surface area contributed by atoms with Gasteiger partial charge in [-0.05, 0) is 61.1 Å². The fraction of sp³-hybridized carbons (Fsp3) is 0.458. The van der Waals surface area contributed by atoms with Crippen LogP contribution in [0.3, 0.4) is 0 Å². The Bertz CT molecular complexity index is 972. The van der Waals surface area contributed by atoms with Crippen molar-refractivity contribution < 1.29 is 13.2 Å². The molecule has 2 fully saturated rings. The first-order valence-electron chi connectivity index (χ1n) is 10.9. The van der Waals surface area contributed by atoms with Gasteiger partial charge in [0, 0.05) is 31.7 Å².